The van der Waals surface area contributed by atoms with Crippen LogP contribution in [0.3, 0.4) is 0 Å². The number of likely N-dealkylation sites (tertiary alicyclic amines) is 2. The topological polar surface area (TPSA) is 78.7 Å². The molecule has 9 heteroatoms. The predicted molar refractivity (Wildman–Crippen MR) is 117 cm³/mol. The predicted octanol–water partition coefficient (Wildman–Crippen LogP) is 3.19. The van der Waals surface area contributed by atoms with E-state index in [1.54, 1.807) is 0 Å². The molecule has 0 aliphatic carbocycles. The van der Waals surface area contributed by atoms with E-state index < -0.39 is 17.8 Å². The van der Waals surface area contributed by atoms with Crippen LogP contribution in [-0.4, -0.2) is 60.4 Å². The third-order valence-corrected chi connectivity index (χ3v) is 6.83. The number of nitrogens with two attached hydrogens (primary N) is 1. The van der Waals surface area contributed by atoms with E-state index in [1.165, 1.54) is 12.1 Å². The molecule has 0 bridgehead atoms. The van der Waals surface area contributed by atoms with Gasteiger partial charge in [-0.15, -0.1) is 0 Å². The number of benzene rings is 1. The highest BCUT2D eigenvalue weighted by atomic mass is 19.4. The molecule has 0 spiro atoms. The summed E-state index contributed by atoms with van der Waals surface area (Å²) in [7, 11) is 1.98. The summed E-state index contributed by atoms with van der Waals surface area (Å²) in [6.45, 7) is 5.76. The van der Waals surface area contributed by atoms with Gasteiger partial charge in [-0.1, -0.05) is 19.9 Å². The fourth-order valence-electron chi connectivity index (χ4n) is 4.79. The zero-order valence-corrected chi connectivity index (χ0v) is 18.9. The molecule has 2 heterocycles. The number of nitrogens with zero attached hydrogens (tertiary/aromatic N) is 2. The van der Waals surface area contributed by atoms with Crippen LogP contribution in [0.5, 0.6) is 0 Å². The van der Waals surface area contributed by atoms with Crippen molar-refractivity contribution in [2.75, 3.05) is 32.0 Å². The molecule has 3 rings (SSSR count). The number of alkyl halides is 3. The SMILES string of the molecule is CC(C)C(N)C(=O)N1CCC(C2CC(C(=O)Nc3cccc(C(F)(F)F)c3)CN2C)CC1. The summed E-state index contributed by atoms with van der Waals surface area (Å²) in [5.41, 5.74) is 5.39. The summed E-state index contributed by atoms with van der Waals surface area (Å²) >= 11 is 0. The van der Waals surface area contributed by atoms with Gasteiger partial charge >= 0.3 is 6.18 Å². The lowest BCUT2D eigenvalue weighted by Crippen LogP contribution is -2.50. The van der Waals surface area contributed by atoms with Gasteiger partial charge in [0.15, 0.2) is 0 Å². The fourth-order valence-corrected chi connectivity index (χ4v) is 4.79. The lowest BCUT2D eigenvalue weighted by Gasteiger charge is -2.38. The van der Waals surface area contributed by atoms with Crippen molar-refractivity contribution in [1.82, 2.24) is 9.80 Å². The van der Waals surface area contributed by atoms with Gasteiger partial charge in [-0.2, -0.15) is 13.2 Å². The Bertz CT molecular complexity index is 822. The molecule has 32 heavy (non-hydrogen) atoms. The lowest BCUT2D eigenvalue weighted by molar-refractivity contribution is -0.137. The first kappa shape index (κ1) is 24.5. The Kier molecular flexibility index (Phi) is 7.50. The monoisotopic (exact) mass is 454 g/mol. The second-order valence-corrected chi connectivity index (χ2v) is 9.44. The quantitative estimate of drug-likeness (QED) is 0.716. The van der Waals surface area contributed by atoms with Crippen LogP contribution in [0.1, 0.15) is 38.7 Å². The van der Waals surface area contributed by atoms with Gasteiger partial charge in [-0.05, 0) is 56.3 Å². The Balaban J connectivity index is 1.55. The maximum atomic E-state index is 12.9. The van der Waals surface area contributed by atoms with Crippen molar-refractivity contribution in [2.24, 2.45) is 23.5 Å². The second kappa shape index (κ2) is 9.79. The first-order chi connectivity index (χ1) is 15.0. The zero-order valence-electron chi connectivity index (χ0n) is 18.9. The molecular weight excluding hydrogens is 421 g/mol. The van der Waals surface area contributed by atoms with Crippen molar-refractivity contribution in [2.45, 2.75) is 51.4 Å². The van der Waals surface area contributed by atoms with Crippen molar-refractivity contribution in [3.8, 4) is 0 Å². The van der Waals surface area contributed by atoms with Crippen molar-refractivity contribution in [3.05, 3.63) is 29.8 Å². The van der Waals surface area contributed by atoms with Crippen LogP contribution in [0, 0.1) is 17.8 Å². The van der Waals surface area contributed by atoms with Crippen LogP contribution in [0.4, 0.5) is 18.9 Å². The Hall–Kier alpha value is -2.13. The van der Waals surface area contributed by atoms with E-state index in [1.807, 2.05) is 25.8 Å². The number of hydrogen-bond donors (Lipinski definition) is 2. The first-order valence-electron chi connectivity index (χ1n) is 11.2. The number of nitrogens with one attached hydrogen (secondary N) is 1. The number of anilines is 1. The van der Waals surface area contributed by atoms with Gasteiger partial charge in [-0.3, -0.25) is 9.59 Å². The van der Waals surface area contributed by atoms with Gasteiger partial charge in [0.1, 0.15) is 0 Å². The maximum absolute atomic E-state index is 12.9. The molecule has 2 saturated heterocycles. The van der Waals surface area contributed by atoms with Crippen LogP contribution in [-0.2, 0) is 15.8 Å². The number of carbonyl (C=O) groups excluding carboxylic acids is 2. The number of rotatable bonds is 5. The molecule has 3 N–H and O–H groups in total. The highest BCUT2D eigenvalue weighted by Crippen LogP contribution is 2.34. The Labute approximate surface area is 187 Å². The summed E-state index contributed by atoms with van der Waals surface area (Å²) in [6, 6.07) is 4.44. The zero-order chi connectivity index (χ0) is 23.6. The van der Waals surface area contributed by atoms with Gasteiger partial charge in [0.25, 0.3) is 0 Å². The number of hydrogen-bond acceptors (Lipinski definition) is 4. The van der Waals surface area contributed by atoms with E-state index in [-0.39, 0.29) is 35.4 Å². The number of halogens is 3. The molecule has 6 nitrogen and oxygen atoms in total. The van der Waals surface area contributed by atoms with Crippen molar-refractivity contribution >= 4 is 17.5 Å². The molecule has 1 aromatic rings. The molecule has 2 amide bonds. The summed E-state index contributed by atoms with van der Waals surface area (Å²) in [5.74, 6) is -0.0812. The second-order valence-electron chi connectivity index (χ2n) is 9.44. The summed E-state index contributed by atoms with van der Waals surface area (Å²) in [6.07, 6.45) is -2.08. The van der Waals surface area contributed by atoms with Crippen LogP contribution in [0.15, 0.2) is 24.3 Å². The van der Waals surface area contributed by atoms with Crippen molar-refractivity contribution in [1.29, 1.82) is 0 Å². The third-order valence-electron chi connectivity index (χ3n) is 6.83. The molecule has 3 atom stereocenters. The van der Waals surface area contributed by atoms with Crippen molar-refractivity contribution in [3.63, 3.8) is 0 Å². The van der Waals surface area contributed by atoms with E-state index in [9.17, 15) is 22.8 Å². The van der Waals surface area contributed by atoms with Gasteiger partial charge in [0.05, 0.1) is 17.5 Å². The van der Waals surface area contributed by atoms with E-state index in [0.717, 1.165) is 25.0 Å². The summed E-state index contributed by atoms with van der Waals surface area (Å²) < 4.78 is 38.8. The van der Waals surface area contributed by atoms with E-state index in [2.05, 4.69) is 10.2 Å². The maximum Gasteiger partial charge on any atom is 0.416 e. The molecule has 1 aromatic carbocycles. The first-order valence-corrected chi connectivity index (χ1v) is 11.2. The molecular formula is C23H33F3N4O2. The molecule has 2 fully saturated rings. The molecule has 3 unspecified atom stereocenters. The van der Waals surface area contributed by atoms with Crippen LogP contribution in [0.2, 0.25) is 0 Å². The van der Waals surface area contributed by atoms with Gasteiger partial charge in [-0.25, -0.2) is 0 Å². The smallest absolute Gasteiger partial charge is 0.341 e. The van der Waals surface area contributed by atoms with Crippen LogP contribution >= 0.6 is 0 Å². The number of amides is 2. The Morgan fingerprint density at radius 3 is 2.44 bits per heavy atom. The molecule has 2 aliphatic rings. The summed E-state index contributed by atoms with van der Waals surface area (Å²) in [4.78, 5) is 29.3. The van der Waals surface area contributed by atoms with E-state index in [0.29, 0.717) is 32.0 Å². The summed E-state index contributed by atoms with van der Waals surface area (Å²) in [5, 5.41) is 2.65. The van der Waals surface area contributed by atoms with Crippen LogP contribution in [0.25, 0.3) is 0 Å². The largest absolute Gasteiger partial charge is 0.416 e. The molecule has 178 valence electrons. The molecule has 0 aromatic heterocycles. The highest BCUT2D eigenvalue weighted by Gasteiger charge is 2.40. The Morgan fingerprint density at radius 1 is 1.19 bits per heavy atom. The third kappa shape index (κ3) is 5.61. The highest BCUT2D eigenvalue weighted by molar-refractivity contribution is 5.93. The normalized spacial score (nSPS) is 24.1. The van der Waals surface area contributed by atoms with Crippen LogP contribution < -0.4 is 11.1 Å². The average molecular weight is 455 g/mol. The molecule has 0 radical (unpaired) electrons. The van der Waals surface area contributed by atoms with Gasteiger partial charge in [0, 0.05) is 31.4 Å². The van der Waals surface area contributed by atoms with Gasteiger partial charge < -0.3 is 20.9 Å². The van der Waals surface area contributed by atoms with E-state index >= 15 is 0 Å². The van der Waals surface area contributed by atoms with Gasteiger partial charge in [0.2, 0.25) is 11.8 Å². The van der Waals surface area contributed by atoms with Crippen molar-refractivity contribution < 1.29 is 22.8 Å². The minimum atomic E-state index is -4.45. The van der Waals surface area contributed by atoms with E-state index in [4.69, 9.17) is 5.73 Å². The number of carbonyl (C=O) groups is 2. The average Bonchev–Trinajstić information content (AvgIpc) is 3.14. The fraction of sp³-hybridized carbons (Fsp3) is 0.652. The standard InChI is InChI=1S/C23H33F3N4O2/c1-14(2)20(27)22(32)30-9-7-15(8-10-30)19-11-16(13-29(19)3)21(31)28-18-6-4-5-17(12-18)23(24,25)26/h4-6,12,14-16,19-20H,7-11,13,27H2,1-3H3,(H,28,31). The minimum absolute atomic E-state index is 0.00318. The minimum Gasteiger partial charge on any atom is -0.341 e. The molecule has 0 saturated carbocycles. The lowest BCUT2D eigenvalue weighted by atomic mass is 9.86. The Morgan fingerprint density at radius 2 is 1.84 bits per heavy atom. The molecule has 2 aliphatic heterocycles. The number of piperidine rings is 1.